The van der Waals surface area contributed by atoms with Crippen LogP contribution >= 0.6 is 11.6 Å². The number of benzene rings is 2. The highest BCUT2D eigenvalue weighted by atomic mass is 35.5. The van der Waals surface area contributed by atoms with E-state index < -0.39 is 0 Å². The molecule has 0 aliphatic carbocycles. The lowest BCUT2D eigenvalue weighted by Crippen LogP contribution is -1.90. The first kappa shape index (κ1) is 13.7. The predicted octanol–water partition coefficient (Wildman–Crippen LogP) is 4.86. The van der Waals surface area contributed by atoms with Gasteiger partial charge in [0.25, 0.3) is 0 Å². The number of aromatic nitrogens is 1. The van der Waals surface area contributed by atoms with E-state index in [9.17, 15) is 0 Å². The molecule has 0 radical (unpaired) electrons. The highest BCUT2D eigenvalue weighted by molar-refractivity contribution is 6.34. The average Bonchev–Trinajstić information content (AvgIpc) is 2.85. The van der Waals surface area contributed by atoms with Crippen molar-refractivity contribution in [3.8, 4) is 22.5 Å². The van der Waals surface area contributed by atoms with Crippen LogP contribution < -0.4 is 5.73 Å². The van der Waals surface area contributed by atoms with E-state index in [0.717, 1.165) is 22.3 Å². The van der Waals surface area contributed by atoms with Crippen molar-refractivity contribution in [2.24, 2.45) is 0 Å². The third kappa shape index (κ3) is 2.41. The van der Waals surface area contributed by atoms with Gasteiger partial charge in [-0.15, -0.1) is 0 Å². The number of rotatable bonds is 2. The number of anilines is 1. The lowest BCUT2D eigenvalue weighted by molar-refractivity contribution is 0.436. The van der Waals surface area contributed by atoms with Crippen molar-refractivity contribution in [3.05, 3.63) is 58.6 Å². The summed E-state index contributed by atoms with van der Waals surface area (Å²) < 4.78 is 5.44. The first-order valence-corrected chi connectivity index (χ1v) is 7.03. The van der Waals surface area contributed by atoms with Gasteiger partial charge < -0.3 is 10.3 Å². The molecule has 0 saturated carbocycles. The van der Waals surface area contributed by atoms with E-state index in [1.165, 1.54) is 5.56 Å². The third-order valence-electron chi connectivity index (χ3n) is 3.50. The Kier molecular flexibility index (Phi) is 3.43. The minimum atomic E-state index is 0.367. The Morgan fingerprint density at radius 2 is 1.76 bits per heavy atom. The van der Waals surface area contributed by atoms with Gasteiger partial charge in [0, 0.05) is 5.56 Å². The van der Waals surface area contributed by atoms with Gasteiger partial charge in [-0.3, -0.25) is 0 Å². The SMILES string of the molecule is Cc1ccc(-c2c(N)noc2-c2cccc(C)c2Cl)cc1. The summed E-state index contributed by atoms with van der Waals surface area (Å²) in [5.41, 5.74) is 10.7. The van der Waals surface area contributed by atoms with Crippen molar-refractivity contribution < 1.29 is 4.52 Å². The molecule has 0 unspecified atom stereocenters. The zero-order chi connectivity index (χ0) is 15.0. The monoisotopic (exact) mass is 298 g/mol. The summed E-state index contributed by atoms with van der Waals surface area (Å²) in [5, 5.41) is 4.56. The Hall–Kier alpha value is -2.26. The molecule has 0 aliphatic rings. The molecule has 0 fully saturated rings. The van der Waals surface area contributed by atoms with Crippen molar-refractivity contribution in [3.63, 3.8) is 0 Å². The molecule has 0 atom stereocenters. The molecule has 2 N–H and O–H groups in total. The zero-order valence-corrected chi connectivity index (χ0v) is 12.6. The maximum absolute atomic E-state index is 6.39. The first-order valence-electron chi connectivity index (χ1n) is 6.65. The van der Waals surface area contributed by atoms with Crippen LogP contribution in [0.1, 0.15) is 11.1 Å². The topological polar surface area (TPSA) is 52.0 Å². The number of hydrogen-bond donors (Lipinski definition) is 1. The number of hydrogen-bond acceptors (Lipinski definition) is 3. The minimum Gasteiger partial charge on any atom is -0.380 e. The summed E-state index contributed by atoms with van der Waals surface area (Å²) in [6.45, 7) is 4.00. The van der Waals surface area contributed by atoms with Crippen molar-refractivity contribution in [1.82, 2.24) is 5.16 Å². The Morgan fingerprint density at radius 1 is 1.05 bits per heavy atom. The molecule has 0 spiro atoms. The van der Waals surface area contributed by atoms with Crippen LogP contribution in [0.2, 0.25) is 5.02 Å². The molecular formula is C17H15ClN2O. The van der Waals surface area contributed by atoms with E-state index in [2.05, 4.69) is 5.16 Å². The Labute approximate surface area is 128 Å². The number of halogens is 1. The van der Waals surface area contributed by atoms with Crippen LogP contribution in [-0.4, -0.2) is 5.16 Å². The van der Waals surface area contributed by atoms with Crippen LogP contribution in [0.4, 0.5) is 5.82 Å². The summed E-state index contributed by atoms with van der Waals surface area (Å²) in [7, 11) is 0. The Bertz CT molecular complexity index is 791. The molecule has 2 aromatic carbocycles. The van der Waals surface area contributed by atoms with Crippen LogP contribution in [0.15, 0.2) is 47.0 Å². The van der Waals surface area contributed by atoms with Crippen molar-refractivity contribution in [1.29, 1.82) is 0 Å². The van der Waals surface area contributed by atoms with Gasteiger partial charge in [0.15, 0.2) is 11.6 Å². The van der Waals surface area contributed by atoms with Crippen molar-refractivity contribution in [2.75, 3.05) is 5.73 Å². The zero-order valence-electron chi connectivity index (χ0n) is 11.9. The molecule has 4 heteroatoms. The molecule has 3 aromatic rings. The Morgan fingerprint density at radius 3 is 2.48 bits per heavy atom. The molecule has 1 heterocycles. The average molecular weight is 299 g/mol. The molecule has 106 valence electrons. The van der Waals surface area contributed by atoms with Gasteiger partial charge in [0.1, 0.15) is 0 Å². The normalized spacial score (nSPS) is 10.8. The molecule has 0 aliphatic heterocycles. The van der Waals surface area contributed by atoms with Crippen LogP contribution in [-0.2, 0) is 0 Å². The number of nitrogen functional groups attached to an aromatic ring is 1. The maximum Gasteiger partial charge on any atom is 0.178 e. The minimum absolute atomic E-state index is 0.367. The third-order valence-corrected chi connectivity index (χ3v) is 4.00. The van der Waals surface area contributed by atoms with Gasteiger partial charge in [0.2, 0.25) is 0 Å². The second kappa shape index (κ2) is 5.26. The van der Waals surface area contributed by atoms with Gasteiger partial charge in [-0.2, -0.15) is 0 Å². The van der Waals surface area contributed by atoms with E-state index in [1.807, 2.05) is 56.3 Å². The van der Waals surface area contributed by atoms with E-state index in [4.69, 9.17) is 21.9 Å². The standard InChI is InChI=1S/C17H15ClN2O/c1-10-6-8-12(9-7-10)14-16(21-20-17(14)19)13-5-3-4-11(2)15(13)18/h3-9H,1-2H3,(H2,19,20). The number of nitrogens with two attached hydrogens (primary N) is 1. The first-order chi connectivity index (χ1) is 10.1. The van der Waals surface area contributed by atoms with Crippen molar-refractivity contribution in [2.45, 2.75) is 13.8 Å². The van der Waals surface area contributed by atoms with Gasteiger partial charge in [-0.1, -0.05) is 58.7 Å². The molecule has 1 aromatic heterocycles. The van der Waals surface area contributed by atoms with E-state index in [0.29, 0.717) is 16.6 Å². The summed E-state index contributed by atoms with van der Waals surface area (Å²) in [5.74, 6) is 0.969. The summed E-state index contributed by atoms with van der Waals surface area (Å²) in [6.07, 6.45) is 0. The molecule has 0 saturated heterocycles. The van der Waals surface area contributed by atoms with E-state index >= 15 is 0 Å². The molecule has 21 heavy (non-hydrogen) atoms. The molecule has 3 nitrogen and oxygen atoms in total. The van der Waals surface area contributed by atoms with Gasteiger partial charge in [-0.05, 0) is 31.0 Å². The van der Waals surface area contributed by atoms with Crippen LogP contribution in [0.5, 0.6) is 0 Å². The second-order valence-electron chi connectivity index (χ2n) is 5.07. The number of nitrogens with zero attached hydrogens (tertiary/aromatic N) is 1. The summed E-state index contributed by atoms with van der Waals surface area (Å²) >= 11 is 6.39. The predicted molar refractivity (Wildman–Crippen MR) is 86.3 cm³/mol. The van der Waals surface area contributed by atoms with Gasteiger partial charge in [0.05, 0.1) is 10.6 Å². The largest absolute Gasteiger partial charge is 0.380 e. The summed E-state index contributed by atoms with van der Waals surface area (Å²) in [4.78, 5) is 0. The lowest BCUT2D eigenvalue weighted by atomic mass is 9.99. The number of aryl methyl sites for hydroxylation is 2. The fourth-order valence-electron chi connectivity index (χ4n) is 2.31. The van der Waals surface area contributed by atoms with Crippen LogP contribution in [0.3, 0.4) is 0 Å². The highest BCUT2D eigenvalue weighted by Gasteiger charge is 2.20. The van der Waals surface area contributed by atoms with Gasteiger partial charge in [-0.25, -0.2) is 0 Å². The van der Waals surface area contributed by atoms with E-state index in [-0.39, 0.29) is 0 Å². The fraction of sp³-hybridized carbons (Fsp3) is 0.118. The Balaban J connectivity index is 2.22. The van der Waals surface area contributed by atoms with Crippen molar-refractivity contribution >= 4 is 17.4 Å². The van der Waals surface area contributed by atoms with E-state index in [1.54, 1.807) is 0 Å². The molecular weight excluding hydrogens is 284 g/mol. The van der Waals surface area contributed by atoms with Crippen LogP contribution in [0, 0.1) is 13.8 Å². The van der Waals surface area contributed by atoms with Crippen LogP contribution in [0.25, 0.3) is 22.5 Å². The molecule has 0 amide bonds. The van der Waals surface area contributed by atoms with Gasteiger partial charge >= 0.3 is 0 Å². The highest BCUT2D eigenvalue weighted by Crippen LogP contribution is 2.40. The summed E-state index contributed by atoms with van der Waals surface area (Å²) in [6, 6.07) is 13.9. The second-order valence-corrected chi connectivity index (χ2v) is 5.45. The molecule has 0 bridgehead atoms. The lowest BCUT2D eigenvalue weighted by Gasteiger charge is -2.07. The smallest absolute Gasteiger partial charge is 0.178 e. The quantitative estimate of drug-likeness (QED) is 0.735. The molecule has 3 rings (SSSR count). The maximum atomic E-state index is 6.39. The fourth-order valence-corrected chi connectivity index (χ4v) is 2.52.